The molecule has 0 aliphatic heterocycles. The van der Waals surface area contributed by atoms with Crippen LogP contribution < -0.4 is 11.1 Å². The molecule has 0 bridgehead atoms. The second kappa shape index (κ2) is 4.92. The molecule has 0 radical (unpaired) electrons. The number of rotatable bonds is 2. The molecule has 2 rings (SSSR count). The van der Waals surface area contributed by atoms with Crippen LogP contribution in [0.3, 0.4) is 0 Å². The summed E-state index contributed by atoms with van der Waals surface area (Å²) >= 11 is 0. The normalized spacial score (nSPS) is 11.4. The Bertz CT molecular complexity index is 644. The maximum Gasteiger partial charge on any atom is 0.295 e. The first-order valence-corrected chi connectivity index (χ1v) is 6.06. The van der Waals surface area contributed by atoms with Crippen molar-refractivity contribution in [2.45, 2.75) is 26.2 Å². The zero-order valence-corrected chi connectivity index (χ0v) is 11.5. The molecule has 0 atom stereocenters. The van der Waals surface area contributed by atoms with Crippen molar-refractivity contribution in [2.75, 3.05) is 11.1 Å². The predicted octanol–water partition coefficient (Wildman–Crippen LogP) is 2.08. The van der Waals surface area contributed by atoms with Crippen molar-refractivity contribution in [1.29, 1.82) is 0 Å². The number of carbonyl (C=O) groups is 1. The molecule has 106 valence electrons. The average molecular weight is 277 g/mol. The van der Waals surface area contributed by atoms with E-state index >= 15 is 0 Å². The van der Waals surface area contributed by atoms with Gasteiger partial charge in [-0.2, -0.15) is 0 Å². The van der Waals surface area contributed by atoms with E-state index < -0.39 is 11.7 Å². The number of amides is 1. The number of aromatic amines is 1. The number of aromatic nitrogens is 3. The van der Waals surface area contributed by atoms with E-state index in [1.165, 1.54) is 18.2 Å². The first kappa shape index (κ1) is 14.0. The Morgan fingerprint density at radius 2 is 2.10 bits per heavy atom. The zero-order valence-electron chi connectivity index (χ0n) is 11.5. The fourth-order valence-corrected chi connectivity index (χ4v) is 1.51. The summed E-state index contributed by atoms with van der Waals surface area (Å²) < 4.78 is 13.0. The highest BCUT2D eigenvalue weighted by atomic mass is 19.1. The monoisotopic (exact) mass is 277 g/mol. The summed E-state index contributed by atoms with van der Waals surface area (Å²) in [4.78, 5) is 16.1. The van der Waals surface area contributed by atoms with Crippen LogP contribution >= 0.6 is 0 Å². The molecule has 0 spiro atoms. The van der Waals surface area contributed by atoms with Crippen LogP contribution in [0, 0.1) is 5.82 Å². The van der Waals surface area contributed by atoms with Crippen molar-refractivity contribution in [3.05, 3.63) is 35.7 Å². The van der Waals surface area contributed by atoms with Crippen LogP contribution in [0.25, 0.3) is 0 Å². The van der Waals surface area contributed by atoms with Gasteiger partial charge in [-0.3, -0.25) is 9.89 Å². The number of hydrogen-bond acceptors (Lipinski definition) is 4. The number of nitrogens with one attached hydrogen (secondary N) is 2. The van der Waals surface area contributed by atoms with Gasteiger partial charge in [0, 0.05) is 11.1 Å². The van der Waals surface area contributed by atoms with E-state index in [1.807, 2.05) is 20.8 Å². The van der Waals surface area contributed by atoms with Crippen LogP contribution in [0.1, 0.15) is 37.2 Å². The van der Waals surface area contributed by atoms with Crippen molar-refractivity contribution in [1.82, 2.24) is 15.2 Å². The largest absolute Gasteiger partial charge is 0.396 e. The summed E-state index contributed by atoms with van der Waals surface area (Å²) in [5, 5.41) is 9.15. The summed E-state index contributed by atoms with van der Waals surface area (Å²) in [6.07, 6.45) is 0. The van der Waals surface area contributed by atoms with Gasteiger partial charge in [0.25, 0.3) is 5.91 Å². The number of anilines is 2. The molecule has 0 saturated heterocycles. The topological polar surface area (TPSA) is 96.7 Å². The van der Waals surface area contributed by atoms with Gasteiger partial charge in [-0.1, -0.05) is 20.8 Å². The quantitative estimate of drug-likeness (QED) is 0.732. The number of H-pyrrole nitrogens is 1. The van der Waals surface area contributed by atoms with E-state index in [9.17, 15) is 9.18 Å². The van der Waals surface area contributed by atoms with Gasteiger partial charge in [-0.15, -0.1) is 5.10 Å². The molecule has 1 amide bonds. The Hall–Kier alpha value is -2.44. The summed E-state index contributed by atoms with van der Waals surface area (Å²) in [6.45, 7) is 5.86. The highest BCUT2D eigenvalue weighted by Gasteiger charge is 2.21. The number of hydrogen-bond donors (Lipinski definition) is 3. The first-order chi connectivity index (χ1) is 9.27. The van der Waals surface area contributed by atoms with Gasteiger partial charge in [-0.05, 0) is 18.2 Å². The molecule has 4 N–H and O–H groups in total. The lowest BCUT2D eigenvalue weighted by molar-refractivity contribution is 0.101. The predicted molar refractivity (Wildman–Crippen MR) is 73.8 cm³/mol. The average Bonchev–Trinajstić information content (AvgIpc) is 2.83. The SMILES string of the molecule is CC(C)(C)c1nc(C(=O)Nc2ccc(F)c(N)c2)n[nH]1. The number of carbonyl (C=O) groups excluding carboxylic acids is 1. The van der Waals surface area contributed by atoms with Crippen LogP contribution in [0.4, 0.5) is 15.8 Å². The molecular formula is C13H16FN5O. The third-order valence-corrected chi connectivity index (χ3v) is 2.65. The second-order valence-electron chi connectivity index (χ2n) is 5.45. The Morgan fingerprint density at radius 1 is 1.40 bits per heavy atom. The van der Waals surface area contributed by atoms with Crippen LogP contribution in [0.2, 0.25) is 0 Å². The Morgan fingerprint density at radius 3 is 2.65 bits per heavy atom. The number of halogens is 1. The standard InChI is InChI=1S/C13H16FN5O/c1-13(2,3)12-17-10(18-19-12)11(20)16-7-4-5-8(14)9(15)6-7/h4-6H,15H2,1-3H3,(H,16,20)(H,17,18,19). The van der Waals surface area contributed by atoms with Gasteiger partial charge in [0.1, 0.15) is 11.6 Å². The Kier molecular flexibility index (Phi) is 3.44. The Labute approximate surface area is 115 Å². The lowest BCUT2D eigenvalue weighted by atomic mass is 9.96. The molecule has 0 unspecified atom stereocenters. The maximum atomic E-state index is 13.0. The van der Waals surface area contributed by atoms with Gasteiger partial charge in [0.05, 0.1) is 5.69 Å². The smallest absolute Gasteiger partial charge is 0.295 e. The third-order valence-electron chi connectivity index (χ3n) is 2.65. The van der Waals surface area contributed by atoms with Gasteiger partial charge in [0.2, 0.25) is 5.82 Å². The highest BCUT2D eigenvalue weighted by Crippen LogP contribution is 2.19. The van der Waals surface area contributed by atoms with Crippen LogP contribution in [0.5, 0.6) is 0 Å². The molecular weight excluding hydrogens is 261 g/mol. The van der Waals surface area contributed by atoms with E-state index in [2.05, 4.69) is 20.5 Å². The molecule has 0 saturated carbocycles. The molecule has 1 aromatic carbocycles. The molecule has 0 aliphatic rings. The van der Waals surface area contributed by atoms with Gasteiger partial charge in [0.15, 0.2) is 0 Å². The van der Waals surface area contributed by atoms with Gasteiger partial charge < -0.3 is 11.1 Å². The van der Waals surface area contributed by atoms with Gasteiger partial charge in [-0.25, -0.2) is 9.37 Å². The number of nitrogen functional groups attached to an aromatic ring is 1. The lowest BCUT2D eigenvalue weighted by Gasteiger charge is -2.12. The number of nitrogens with two attached hydrogens (primary N) is 1. The van der Waals surface area contributed by atoms with Gasteiger partial charge >= 0.3 is 0 Å². The van der Waals surface area contributed by atoms with E-state index in [4.69, 9.17) is 5.73 Å². The van der Waals surface area contributed by atoms with E-state index in [0.717, 1.165) is 0 Å². The van der Waals surface area contributed by atoms with E-state index in [1.54, 1.807) is 0 Å². The summed E-state index contributed by atoms with van der Waals surface area (Å²) in [5.41, 5.74) is 5.55. The zero-order chi connectivity index (χ0) is 14.9. The number of nitrogens with zero attached hydrogens (tertiary/aromatic N) is 2. The summed E-state index contributed by atoms with van der Waals surface area (Å²) in [6, 6.07) is 3.94. The Balaban J connectivity index is 2.16. The number of benzene rings is 1. The molecule has 7 heteroatoms. The summed E-state index contributed by atoms with van der Waals surface area (Å²) in [7, 11) is 0. The van der Waals surface area contributed by atoms with E-state index in [-0.39, 0.29) is 16.9 Å². The molecule has 6 nitrogen and oxygen atoms in total. The fourth-order valence-electron chi connectivity index (χ4n) is 1.51. The molecule has 20 heavy (non-hydrogen) atoms. The third kappa shape index (κ3) is 2.93. The molecule has 2 aromatic rings. The van der Waals surface area contributed by atoms with Crippen LogP contribution in [0.15, 0.2) is 18.2 Å². The minimum atomic E-state index is -0.532. The second-order valence-corrected chi connectivity index (χ2v) is 5.45. The minimum Gasteiger partial charge on any atom is -0.396 e. The molecule has 0 aliphatic carbocycles. The lowest BCUT2D eigenvalue weighted by Crippen LogP contribution is -2.16. The molecule has 1 aromatic heterocycles. The van der Waals surface area contributed by atoms with E-state index in [0.29, 0.717) is 11.5 Å². The summed E-state index contributed by atoms with van der Waals surface area (Å²) in [5.74, 6) is -0.377. The van der Waals surface area contributed by atoms with Crippen molar-refractivity contribution >= 4 is 17.3 Å². The molecule has 0 fully saturated rings. The van der Waals surface area contributed by atoms with Crippen LogP contribution in [-0.4, -0.2) is 21.1 Å². The fraction of sp³-hybridized carbons (Fsp3) is 0.308. The minimum absolute atomic E-state index is 0.0258. The van der Waals surface area contributed by atoms with Crippen molar-refractivity contribution in [3.63, 3.8) is 0 Å². The van der Waals surface area contributed by atoms with Crippen molar-refractivity contribution < 1.29 is 9.18 Å². The van der Waals surface area contributed by atoms with Crippen LogP contribution in [-0.2, 0) is 5.41 Å². The highest BCUT2D eigenvalue weighted by molar-refractivity contribution is 6.01. The maximum absolute atomic E-state index is 13.0. The first-order valence-electron chi connectivity index (χ1n) is 6.06. The van der Waals surface area contributed by atoms with Crippen molar-refractivity contribution in [2.24, 2.45) is 0 Å². The van der Waals surface area contributed by atoms with Crippen molar-refractivity contribution in [3.8, 4) is 0 Å². The molecule has 1 heterocycles.